The van der Waals surface area contributed by atoms with E-state index < -0.39 is 5.09 Å². The van der Waals surface area contributed by atoms with Crippen molar-refractivity contribution in [3.8, 4) is 0 Å². The third-order valence-corrected chi connectivity index (χ3v) is 0. The summed E-state index contributed by atoms with van der Waals surface area (Å²) in [4.78, 5) is 8.25. The van der Waals surface area contributed by atoms with Gasteiger partial charge < -0.3 is 42.7 Å². The molecule has 0 heterocycles. The minimum Gasteiger partial charge on any atom is -0.412 e. The summed E-state index contributed by atoms with van der Waals surface area (Å²) < 4.78 is 0. The summed E-state index contributed by atoms with van der Waals surface area (Å²) in [6.07, 6.45) is 0. The van der Waals surface area contributed by atoms with Gasteiger partial charge in [0.2, 0.25) is 0 Å². The molecule has 0 spiro atoms. The van der Waals surface area contributed by atoms with Crippen molar-refractivity contribution in [3.63, 3.8) is 0 Å². The van der Waals surface area contributed by atoms with Gasteiger partial charge in [0.1, 0.15) is 0 Å². The average Bonchev–Trinajstić information content (AvgIpc) is 0.811. The Labute approximate surface area is 98.1 Å². The molecule has 0 unspecified atom stereocenters. The van der Waals surface area contributed by atoms with Gasteiger partial charge in [0.25, 0.3) is 0 Å². The molecule has 10 N–H and O–H groups in total. The third-order valence-electron chi connectivity index (χ3n) is 0. The van der Waals surface area contributed by atoms with Crippen LogP contribution in [0.2, 0.25) is 0 Å². The predicted octanol–water partition coefficient (Wildman–Crippen LogP) is -7.36. The van der Waals surface area contributed by atoms with Crippen molar-refractivity contribution < 1.29 is 83.9 Å². The molecule has 0 aliphatic carbocycles. The van der Waals surface area contributed by atoms with Crippen molar-refractivity contribution in [2.45, 2.75) is 0 Å². The molecule has 0 aromatic heterocycles. The summed E-state index contributed by atoms with van der Waals surface area (Å²) in [6, 6.07) is 0. The van der Waals surface area contributed by atoms with Crippen LogP contribution in [0.1, 0.15) is 0 Å². The average molecular weight is 191 g/mol. The normalized spacial score (nSPS) is 2.40. The summed E-state index contributed by atoms with van der Waals surface area (Å²) >= 11 is 0. The second-order valence-electron chi connectivity index (χ2n) is 0.224. The topological polar surface area (TPSA) is 224 Å². The summed E-state index contributed by atoms with van der Waals surface area (Å²) in [5.41, 5.74) is 0. The Morgan fingerprint density at radius 2 is 0.800 bits per heavy atom. The Hall–Kier alpha value is 0.636. The van der Waals surface area contributed by atoms with Gasteiger partial charge in [-0.3, -0.25) is 0 Å². The molecule has 0 amide bonds. The van der Waals surface area contributed by atoms with E-state index in [0.29, 0.717) is 0 Å². The molecule has 0 saturated carbocycles. The Kier molecular flexibility index (Phi) is 406. The molecule has 0 saturated heterocycles. The van der Waals surface area contributed by atoms with Crippen molar-refractivity contribution in [2.75, 3.05) is 0 Å². The van der Waals surface area contributed by atoms with E-state index in [4.69, 9.17) is 15.3 Å². The Morgan fingerprint density at radius 1 is 0.800 bits per heavy atom. The maximum absolute atomic E-state index is 8.25. The molecule has 64 valence electrons. The molecule has 0 radical (unpaired) electrons. The largest absolute Gasteiger partial charge is 1.00 e. The van der Waals surface area contributed by atoms with Gasteiger partial charge in [0, 0.05) is 0 Å². The molecule has 0 aromatic rings. The first-order chi connectivity index (χ1) is 1.73. The molecule has 0 aromatic carbocycles. The zero-order chi connectivity index (χ0) is 3.58. The zero-order valence-electron chi connectivity index (χ0n) is 5.17. The molecular weight excluding hydrogens is 181 g/mol. The molecule has 0 bridgehead atoms. The van der Waals surface area contributed by atoms with Crippen molar-refractivity contribution in [1.29, 1.82) is 0 Å². The summed E-state index contributed by atoms with van der Waals surface area (Å²) in [5, 5.41) is 14.8. The van der Waals surface area contributed by atoms with E-state index in [9.17, 15) is 0 Å². The van der Waals surface area contributed by atoms with E-state index in [1.807, 2.05) is 0 Å². The van der Waals surface area contributed by atoms with Crippen molar-refractivity contribution in [3.05, 3.63) is 15.3 Å². The first-order valence-corrected chi connectivity index (χ1v) is 0.548. The number of rotatable bonds is 0. The van der Waals surface area contributed by atoms with Crippen LogP contribution in [0, 0.1) is 15.3 Å². The Balaban J connectivity index is -0.00000000300. The van der Waals surface area contributed by atoms with Crippen molar-refractivity contribution >= 4 is 0 Å². The smallest absolute Gasteiger partial charge is 0.412 e. The molecule has 9 nitrogen and oxygen atoms in total. The van der Waals surface area contributed by atoms with Crippen LogP contribution in [0.15, 0.2) is 0 Å². The van der Waals surface area contributed by atoms with E-state index in [1.165, 1.54) is 0 Å². The fourth-order valence-electron chi connectivity index (χ4n) is 0. The third kappa shape index (κ3) is 1240. The van der Waals surface area contributed by atoms with E-state index in [0.717, 1.165) is 0 Å². The molecular formula is H10KNO8. The second kappa shape index (κ2) is 54.4. The first-order valence-electron chi connectivity index (χ1n) is 0.548. The number of hydrogen-bond donors (Lipinski definition) is 0. The molecule has 10 heavy (non-hydrogen) atoms. The number of nitrogens with zero attached hydrogens (tertiary/aromatic N) is 1. The van der Waals surface area contributed by atoms with Gasteiger partial charge >= 0.3 is 51.4 Å². The van der Waals surface area contributed by atoms with Gasteiger partial charge in [-0.1, -0.05) is 0 Å². The van der Waals surface area contributed by atoms with Crippen LogP contribution in [0.4, 0.5) is 0 Å². The van der Waals surface area contributed by atoms with Crippen LogP contribution in [0.25, 0.3) is 0 Å². The van der Waals surface area contributed by atoms with Gasteiger partial charge in [-0.2, -0.15) is 0 Å². The molecule has 0 aliphatic heterocycles. The maximum Gasteiger partial charge on any atom is 1.00 e. The standard InChI is InChI=1S/K.NO3.5H2O/c;2-1(3)4;;;;;/h;;5*1H2/q+1;-1;;;;;. The van der Waals surface area contributed by atoms with E-state index in [1.54, 1.807) is 0 Å². The van der Waals surface area contributed by atoms with Gasteiger partial charge in [-0.05, 0) is 0 Å². The van der Waals surface area contributed by atoms with Crippen LogP contribution in [-0.4, -0.2) is 32.5 Å². The molecule has 0 atom stereocenters. The van der Waals surface area contributed by atoms with E-state index in [2.05, 4.69) is 0 Å². The van der Waals surface area contributed by atoms with Gasteiger partial charge in [-0.15, -0.1) is 0 Å². The van der Waals surface area contributed by atoms with Gasteiger partial charge in [0.15, 0.2) is 0 Å². The fourth-order valence-corrected chi connectivity index (χ4v) is 0. The van der Waals surface area contributed by atoms with E-state index >= 15 is 0 Å². The summed E-state index contributed by atoms with van der Waals surface area (Å²) in [7, 11) is 0. The SMILES string of the molecule is O.O.O.O.O.O=[N+]([O-])[O-].[K+]. The second-order valence-corrected chi connectivity index (χ2v) is 0.224. The molecule has 10 heteroatoms. The van der Waals surface area contributed by atoms with Crippen molar-refractivity contribution in [2.24, 2.45) is 0 Å². The van der Waals surface area contributed by atoms with E-state index in [-0.39, 0.29) is 78.8 Å². The fraction of sp³-hybridized carbons (Fsp3) is 0. The van der Waals surface area contributed by atoms with Crippen molar-refractivity contribution in [1.82, 2.24) is 0 Å². The monoisotopic (exact) mass is 191 g/mol. The first kappa shape index (κ1) is 74.7. The van der Waals surface area contributed by atoms with Crippen LogP contribution < -0.4 is 51.4 Å². The van der Waals surface area contributed by atoms with Crippen LogP contribution in [0.3, 0.4) is 0 Å². The number of hydrogen-bond acceptors (Lipinski definition) is 3. The zero-order valence-corrected chi connectivity index (χ0v) is 8.30. The van der Waals surface area contributed by atoms with Crippen LogP contribution in [-0.2, 0) is 0 Å². The summed E-state index contributed by atoms with van der Waals surface area (Å²) in [5.74, 6) is 0. The predicted molar refractivity (Wildman–Crippen MR) is 28.4 cm³/mol. The molecule has 0 aliphatic rings. The van der Waals surface area contributed by atoms with Crippen LogP contribution >= 0.6 is 0 Å². The molecule has 0 rings (SSSR count). The maximum atomic E-state index is 8.25. The minimum atomic E-state index is -1.75. The van der Waals surface area contributed by atoms with Gasteiger partial charge in [0.05, 0.1) is 5.09 Å². The van der Waals surface area contributed by atoms with Crippen LogP contribution in [0.5, 0.6) is 0 Å². The Bertz CT molecular complexity index is 32.2. The van der Waals surface area contributed by atoms with Gasteiger partial charge in [-0.25, -0.2) is 0 Å². The summed E-state index contributed by atoms with van der Waals surface area (Å²) in [6.45, 7) is 0. The Morgan fingerprint density at radius 3 is 0.800 bits per heavy atom. The molecule has 0 fully saturated rings. The minimum absolute atomic E-state index is 0. The quantitative estimate of drug-likeness (QED) is 0.206.